The Morgan fingerprint density at radius 3 is 2.33 bits per heavy atom. The minimum Gasteiger partial charge on any atom is -0.393 e. The van der Waals surface area contributed by atoms with E-state index in [1.807, 2.05) is 0 Å². The van der Waals surface area contributed by atoms with E-state index in [9.17, 15) is 18.3 Å². The van der Waals surface area contributed by atoms with Crippen LogP contribution in [0, 0.1) is 0 Å². The topological polar surface area (TPSA) is 29.5 Å². The van der Waals surface area contributed by atoms with Crippen molar-refractivity contribution in [2.75, 3.05) is 13.7 Å². The van der Waals surface area contributed by atoms with Crippen molar-refractivity contribution in [3.8, 4) is 0 Å². The SMILES string of the molecule is COCCCC(O)Cc1ccc(C(F)(F)F)cc1. The van der Waals surface area contributed by atoms with Crippen LogP contribution in [0.15, 0.2) is 24.3 Å². The number of methoxy groups -OCH3 is 1. The molecule has 2 nitrogen and oxygen atoms in total. The van der Waals surface area contributed by atoms with Crippen LogP contribution in [0.5, 0.6) is 0 Å². The number of halogens is 3. The van der Waals surface area contributed by atoms with Gasteiger partial charge in [-0.2, -0.15) is 13.2 Å². The number of aliphatic hydroxyl groups is 1. The molecule has 5 heteroatoms. The molecule has 0 radical (unpaired) electrons. The lowest BCUT2D eigenvalue weighted by atomic mass is 10.0. The molecule has 18 heavy (non-hydrogen) atoms. The maximum absolute atomic E-state index is 12.3. The molecule has 1 unspecified atom stereocenters. The van der Waals surface area contributed by atoms with Crippen LogP contribution in [0.2, 0.25) is 0 Å². The smallest absolute Gasteiger partial charge is 0.393 e. The molecule has 1 atom stereocenters. The molecule has 1 aromatic rings. The van der Waals surface area contributed by atoms with Gasteiger partial charge in [0.1, 0.15) is 0 Å². The third kappa shape index (κ3) is 5.06. The first kappa shape index (κ1) is 15.0. The number of aliphatic hydroxyl groups excluding tert-OH is 1. The maximum atomic E-state index is 12.3. The second kappa shape index (κ2) is 6.75. The zero-order chi connectivity index (χ0) is 13.6. The molecule has 0 bridgehead atoms. The lowest BCUT2D eigenvalue weighted by Gasteiger charge is -2.11. The Balaban J connectivity index is 2.48. The number of alkyl halides is 3. The summed E-state index contributed by atoms with van der Waals surface area (Å²) in [5.41, 5.74) is 0.0352. The highest BCUT2D eigenvalue weighted by Crippen LogP contribution is 2.29. The molecule has 1 aromatic carbocycles. The Morgan fingerprint density at radius 1 is 1.22 bits per heavy atom. The zero-order valence-corrected chi connectivity index (χ0v) is 10.2. The highest BCUT2D eigenvalue weighted by atomic mass is 19.4. The van der Waals surface area contributed by atoms with E-state index in [1.165, 1.54) is 12.1 Å². The van der Waals surface area contributed by atoms with Crippen LogP contribution in [0.25, 0.3) is 0 Å². The summed E-state index contributed by atoms with van der Waals surface area (Å²) in [6, 6.07) is 4.89. The molecule has 0 aliphatic carbocycles. The van der Waals surface area contributed by atoms with Crippen molar-refractivity contribution in [2.45, 2.75) is 31.5 Å². The number of hydrogen-bond donors (Lipinski definition) is 1. The van der Waals surface area contributed by atoms with Crippen molar-refractivity contribution in [1.82, 2.24) is 0 Å². The average Bonchev–Trinajstić information content (AvgIpc) is 2.29. The van der Waals surface area contributed by atoms with Crippen LogP contribution in [0.1, 0.15) is 24.0 Å². The molecule has 0 spiro atoms. The monoisotopic (exact) mass is 262 g/mol. The second-order valence-corrected chi connectivity index (χ2v) is 4.19. The van der Waals surface area contributed by atoms with Gasteiger partial charge in [-0.05, 0) is 37.0 Å². The lowest BCUT2D eigenvalue weighted by molar-refractivity contribution is -0.137. The predicted molar refractivity (Wildman–Crippen MR) is 62.3 cm³/mol. The van der Waals surface area contributed by atoms with Crippen LogP contribution >= 0.6 is 0 Å². The van der Waals surface area contributed by atoms with Crippen molar-refractivity contribution in [1.29, 1.82) is 0 Å². The molecule has 102 valence electrons. The summed E-state index contributed by atoms with van der Waals surface area (Å²) in [4.78, 5) is 0. The molecule has 0 saturated carbocycles. The molecular formula is C13H17F3O2. The first-order chi connectivity index (χ1) is 8.43. The van der Waals surface area contributed by atoms with Gasteiger partial charge in [-0.25, -0.2) is 0 Å². The molecule has 0 fully saturated rings. The Kier molecular flexibility index (Phi) is 5.62. The van der Waals surface area contributed by atoms with Gasteiger partial charge < -0.3 is 9.84 Å². The fourth-order valence-electron chi connectivity index (χ4n) is 1.67. The van der Waals surface area contributed by atoms with Crippen molar-refractivity contribution >= 4 is 0 Å². The van der Waals surface area contributed by atoms with Gasteiger partial charge in [0.25, 0.3) is 0 Å². The van der Waals surface area contributed by atoms with Crippen molar-refractivity contribution < 1.29 is 23.0 Å². The van der Waals surface area contributed by atoms with Gasteiger partial charge in [-0.15, -0.1) is 0 Å². The highest BCUT2D eigenvalue weighted by Gasteiger charge is 2.29. The summed E-state index contributed by atoms with van der Waals surface area (Å²) < 4.78 is 41.8. The van der Waals surface area contributed by atoms with E-state index in [-0.39, 0.29) is 0 Å². The minimum absolute atomic E-state index is 0.363. The zero-order valence-electron chi connectivity index (χ0n) is 10.2. The minimum atomic E-state index is -4.31. The van der Waals surface area contributed by atoms with Crippen LogP contribution in [-0.4, -0.2) is 24.9 Å². The van der Waals surface area contributed by atoms with Crippen molar-refractivity contribution in [3.63, 3.8) is 0 Å². The van der Waals surface area contributed by atoms with E-state index in [0.29, 0.717) is 25.0 Å². The molecule has 0 saturated heterocycles. The van der Waals surface area contributed by atoms with Crippen molar-refractivity contribution in [3.05, 3.63) is 35.4 Å². The fourth-order valence-corrected chi connectivity index (χ4v) is 1.67. The Morgan fingerprint density at radius 2 is 1.83 bits per heavy atom. The van der Waals surface area contributed by atoms with Gasteiger partial charge in [0.05, 0.1) is 11.7 Å². The Hall–Kier alpha value is -1.07. The number of rotatable bonds is 6. The van der Waals surface area contributed by atoms with Gasteiger partial charge in [0, 0.05) is 13.7 Å². The maximum Gasteiger partial charge on any atom is 0.416 e. The molecule has 1 N–H and O–H groups in total. The fraction of sp³-hybridized carbons (Fsp3) is 0.538. The van der Waals surface area contributed by atoms with E-state index in [4.69, 9.17) is 4.74 Å². The summed E-state index contributed by atoms with van der Waals surface area (Å²) in [6.45, 7) is 0.573. The second-order valence-electron chi connectivity index (χ2n) is 4.19. The standard InChI is InChI=1S/C13H17F3O2/c1-18-8-2-3-12(17)9-10-4-6-11(7-5-10)13(14,15)16/h4-7,12,17H,2-3,8-9H2,1H3. The van der Waals surface area contributed by atoms with Crippen molar-refractivity contribution in [2.24, 2.45) is 0 Å². The van der Waals surface area contributed by atoms with Gasteiger partial charge >= 0.3 is 6.18 Å². The summed E-state index contributed by atoms with van der Waals surface area (Å²) in [7, 11) is 1.59. The number of hydrogen-bond acceptors (Lipinski definition) is 2. The van der Waals surface area contributed by atoms with E-state index in [0.717, 1.165) is 18.6 Å². The third-order valence-electron chi connectivity index (χ3n) is 2.64. The summed E-state index contributed by atoms with van der Waals surface area (Å²) >= 11 is 0. The Labute approximate surface area is 104 Å². The highest BCUT2D eigenvalue weighted by molar-refractivity contribution is 5.25. The normalized spacial score (nSPS) is 13.6. The quantitative estimate of drug-likeness (QED) is 0.798. The molecule has 0 amide bonds. The molecule has 1 rings (SSSR count). The molecule has 0 aliphatic rings. The first-order valence-corrected chi connectivity index (χ1v) is 5.76. The van der Waals surface area contributed by atoms with Crippen LogP contribution in [0.4, 0.5) is 13.2 Å². The first-order valence-electron chi connectivity index (χ1n) is 5.76. The predicted octanol–water partition coefficient (Wildman–Crippen LogP) is 3.04. The lowest BCUT2D eigenvalue weighted by Crippen LogP contribution is -2.12. The number of benzene rings is 1. The molecular weight excluding hydrogens is 245 g/mol. The van der Waals surface area contributed by atoms with Gasteiger partial charge in [0.15, 0.2) is 0 Å². The van der Waals surface area contributed by atoms with Crippen LogP contribution in [-0.2, 0) is 17.3 Å². The summed E-state index contributed by atoms with van der Waals surface area (Å²) in [5.74, 6) is 0. The van der Waals surface area contributed by atoms with Crippen LogP contribution < -0.4 is 0 Å². The third-order valence-corrected chi connectivity index (χ3v) is 2.64. The summed E-state index contributed by atoms with van der Waals surface area (Å²) in [6.07, 6.45) is -3.18. The van der Waals surface area contributed by atoms with Gasteiger partial charge in [-0.3, -0.25) is 0 Å². The van der Waals surface area contributed by atoms with Crippen LogP contribution in [0.3, 0.4) is 0 Å². The van der Waals surface area contributed by atoms with Gasteiger partial charge in [0.2, 0.25) is 0 Å². The largest absolute Gasteiger partial charge is 0.416 e. The average molecular weight is 262 g/mol. The van der Waals surface area contributed by atoms with Gasteiger partial charge in [-0.1, -0.05) is 12.1 Å². The molecule has 0 heterocycles. The molecule has 0 aliphatic heterocycles. The van der Waals surface area contributed by atoms with E-state index in [1.54, 1.807) is 7.11 Å². The van der Waals surface area contributed by atoms with E-state index in [2.05, 4.69) is 0 Å². The number of ether oxygens (including phenoxy) is 1. The summed E-state index contributed by atoms with van der Waals surface area (Å²) in [5, 5.41) is 9.68. The van der Waals surface area contributed by atoms with E-state index < -0.39 is 17.8 Å². The van der Waals surface area contributed by atoms with E-state index >= 15 is 0 Å². The Bertz CT molecular complexity index is 346. The molecule has 0 aromatic heterocycles.